The van der Waals surface area contributed by atoms with Crippen LogP contribution in [0, 0.1) is 5.82 Å². The van der Waals surface area contributed by atoms with Crippen LogP contribution in [0.2, 0.25) is 0 Å². The topological polar surface area (TPSA) is 65.1 Å². The fourth-order valence-corrected chi connectivity index (χ4v) is 2.72. The molecule has 0 heterocycles. The van der Waals surface area contributed by atoms with E-state index in [1.54, 1.807) is 27.7 Å². The van der Waals surface area contributed by atoms with Crippen molar-refractivity contribution in [3.8, 4) is 5.75 Å². The van der Waals surface area contributed by atoms with Crippen LogP contribution in [-0.4, -0.2) is 49.0 Å². The second kappa shape index (κ2) is 11.9. The molecule has 0 aromatic heterocycles. The molecule has 1 amide bonds. The van der Waals surface area contributed by atoms with Crippen LogP contribution in [0.15, 0.2) is 12.1 Å². The highest BCUT2D eigenvalue weighted by Gasteiger charge is 2.33. The van der Waals surface area contributed by atoms with Crippen LogP contribution in [-0.2, 0) is 27.2 Å². The van der Waals surface area contributed by atoms with E-state index in [4.69, 9.17) is 9.47 Å². The van der Waals surface area contributed by atoms with E-state index in [2.05, 4.69) is 4.74 Å². The number of carbonyl (C=O) groups excluding carboxylic acids is 2. The van der Waals surface area contributed by atoms with E-state index in [1.807, 2.05) is 0 Å². The largest absolute Gasteiger partial charge is 0.573 e. The van der Waals surface area contributed by atoms with E-state index in [0.29, 0.717) is 31.3 Å². The lowest BCUT2D eigenvalue weighted by atomic mass is 10.1. The minimum Gasteiger partial charge on any atom is -0.444 e. The average molecular weight is 451 g/mol. The predicted molar refractivity (Wildman–Crippen MR) is 105 cm³/mol. The summed E-state index contributed by atoms with van der Waals surface area (Å²) < 4.78 is 66.4. The first kappa shape index (κ1) is 26.7. The van der Waals surface area contributed by atoms with Crippen LogP contribution in [0.4, 0.5) is 22.4 Å². The fourth-order valence-electron chi connectivity index (χ4n) is 2.72. The van der Waals surface area contributed by atoms with Crippen LogP contribution >= 0.6 is 0 Å². The Balaban J connectivity index is 2.99. The van der Waals surface area contributed by atoms with Crippen molar-refractivity contribution < 1.29 is 41.4 Å². The Hall–Kier alpha value is -2.36. The number of benzene rings is 1. The summed E-state index contributed by atoms with van der Waals surface area (Å²) in [5.74, 6) is -2.02. The van der Waals surface area contributed by atoms with Gasteiger partial charge in [0.05, 0.1) is 0 Å². The molecule has 0 aliphatic rings. The van der Waals surface area contributed by atoms with Crippen LogP contribution in [0.3, 0.4) is 0 Å². The Morgan fingerprint density at radius 1 is 1.16 bits per heavy atom. The number of aldehydes is 1. The lowest BCUT2D eigenvalue weighted by molar-refractivity contribution is -0.275. The van der Waals surface area contributed by atoms with Gasteiger partial charge in [-0.1, -0.05) is 13.0 Å². The smallest absolute Gasteiger partial charge is 0.444 e. The van der Waals surface area contributed by atoms with E-state index in [9.17, 15) is 27.2 Å². The van der Waals surface area contributed by atoms with Gasteiger partial charge >= 0.3 is 12.5 Å². The number of halogens is 4. The average Bonchev–Trinajstić information content (AvgIpc) is 2.63. The molecule has 1 aromatic carbocycles. The third-order valence-corrected chi connectivity index (χ3v) is 3.96. The number of rotatable bonds is 11. The van der Waals surface area contributed by atoms with Crippen molar-refractivity contribution in [2.24, 2.45) is 0 Å². The lowest BCUT2D eigenvalue weighted by Gasteiger charge is -2.28. The number of hydrogen-bond donors (Lipinski definition) is 0. The maximum absolute atomic E-state index is 14.4. The number of aryl methyl sites for hydroxylation is 1. The molecule has 0 saturated carbocycles. The van der Waals surface area contributed by atoms with Gasteiger partial charge in [0.1, 0.15) is 18.5 Å². The molecule has 0 spiro atoms. The lowest BCUT2D eigenvalue weighted by Crippen LogP contribution is -2.37. The highest BCUT2D eigenvalue weighted by atomic mass is 19.4. The van der Waals surface area contributed by atoms with E-state index in [0.717, 1.165) is 6.07 Å². The highest BCUT2D eigenvalue weighted by Crippen LogP contribution is 2.31. The maximum Gasteiger partial charge on any atom is 0.573 e. The van der Waals surface area contributed by atoms with Crippen molar-refractivity contribution in [3.05, 3.63) is 29.1 Å². The summed E-state index contributed by atoms with van der Waals surface area (Å²) in [7, 11) is 0. The van der Waals surface area contributed by atoms with Gasteiger partial charge in [-0.2, -0.15) is 0 Å². The minimum absolute atomic E-state index is 0.0127. The number of alkyl halides is 3. The number of ether oxygens (including phenoxy) is 3. The van der Waals surface area contributed by atoms with Gasteiger partial charge in [-0.15, -0.1) is 13.2 Å². The number of hydrogen-bond acceptors (Lipinski definition) is 5. The summed E-state index contributed by atoms with van der Waals surface area (Å²) in [4.78, 5) is 24.2. The molecule has 0 N–H and O–H groups in total. The molecular formula is C21H29F4NO5. The third-order valence-electron chi connectivity index (χ3n) is 3.96. The molecule has 1 rings (SSSR count). The summed E-state index contributed by atoms with van der Waals surface area (Å²) in [6.45, 7) is 7.20. The highest BCUT2D eigenvalue weighted by molar-refractivity contribution is 5.68. The number of unbranched alkanes of at least 4 members (excludes halogenated alkanes) is 1. The molecule has 0 atom stereocenters. The first-order valence-corrected chi connectivity index (χ1v) is 9.92. The third kappa shape index (κ3) is 10.5. The zero-order valence-electron chi connectivity index (χ0n) is 18.2. The Labute approximate surface area is 179 Å². The predicted octanol–water partition coefficient (Wildman–Crippen LogP) is 5.02. The van der Waals surface area contributed by atoms with Gasteiger partial charge in [-0.25, -0.2) is 9.18 Å². The Kier molecular flexibility index (Phi) is 10.2. The monoisotopic (exact) mass is 451 g/mol. The van der Waals surface area contributed by atoms with Gasteiger partial charge in [0.2, 0.25) is 0 Å². The molecule has 176 valence electrons. The van der Waals surface area contributed by atoms with Gasteiger partial charge in [0, 0.05) is 19.7 Å². The van der Waals surface area contributed by atoms with Crippen molar-refractivity contribution in [1.82, 2.24) is 4.90 Å². The van der Waals surface area contributed by atoms with Gasteiger partial charge in [0.25, 0.3) is 0 Å². The molecule has 6 nitrogen and oxygen atoms in total. The molecule has 1 aromatic rings. The van der Waals surface area contributed by atoms with Gasteiger partial charge in [-0.05, 0) is 57.2 Å². The van der Waals surface area contributed by atoms with Crippen LogP contribution in [0.1, 0.15) is 51.7 Å². The summed E-state index contributed by atoms with van der Waals surface area (Å²) in [5, 5.41) is 0. The molecule has 0 aliphatic carbocycles. The molecule has 0 fully saturated rings. The zero-order chi connectivity index (χ0) is 23.7. The molecule has 0 radical (unpaired) electrons. The summed E-state index contributed by atoms with van der Waals surface area (Å²) in [6, 6.07) is 2.31. The minimum atomic E-state index is -5.01. The molecule has 0 bridgehead atoms. The standard InChI is InChI=1S/C21H29F4NO5/c1-5-16-12-15(13-17(22)18(16)30-21(23,24)25)14-26(19(28)31-20(2,3)4)8-6-7-10-29-11-9-27/h9,12-13H,5-8,10-11,14H2,1-4H3. The molecule has 0 saturated heterocycles. The van der Waals surface area contributed by atoms with E-state index in [-0.39, 0.29) is 31.7 Å². The van der Waals surface area contributed by atoms with Crippen molar-refractivity contribution in [3.63, 3.8) is 0 Å². The molecule has 31 heavy (non-hydrogen) atoms. The number of nitrogens with zero attached hydrogens (tertiary/aromatic N) is 1. The summed E-state index contributed by atoms with van der Waals surface area (Å²) in [6.07, 6.45) is -3.80. The van der Waals surface area contributed by atoms with Gasteiger partial charge in [-0.3, -0.25) is 0 Å². The second-order valence-corrected chi connectivity index (χ2v) is 7.82. The normalized spacial score (nSPS) is 11.9. The second-order valence-electron chi connectivity index (χ2n) is 7.82. The van der Waals surface area contributed by atoms with Crippen molar-refractivity contribution in [2.45, 2.75) is 65.5 Å². The van der Waals surface area contributed by atoms with Gasteiger partial charge in [0.15, 0.2) is 11.6 Å². The SMILES string of the molecule is CCc1cc(CN(CCCCOCC=O)C(=O)OC(C)(C)C)cc(F)c1OC(F)(F)F. The van der Waals surface area contributed by atoms with Crippen molar-refractivity contribution in [2.75, 3.05) is 19.8 Å². The van der Waals surface area contributed by atoms with Gasteiger partial charge < -0.3 is 23.9 Å². The fraction of sp³-hybridized carbons (Fsp3) is 0.619. The van der Waals surface area contributed by atoms with Crippen LogP contribution < -0.4 is 4.74 Å². The van der Waals surface area contributed by atoms with Crippen LogP contribution in [0.25, 0.3) is 0 Å². The van der Waals surface area contributed by atoms with Crippen molar-refractivity contribution >= 4 is 12.4 Å². The maximum atomic E-state index is 14.4. The number of amides is 1. The zero-order valence-corrected chi connectivity index (χ0v) is 18.2. The molecule has 10 heteroatoms. The number of carbonyl (C=O) groups is 2. The molecular weight excluding hydrogens is 422 g/mol. The van der Waals surface area contributed by atoms with E-state index >= 15 is 0 Å². The quantitative estimate of drug-likeness (QED) is 0.269. The molecule has 0 aliphatic heterocycles. The first-order valence-electron chi connectivity index (χ1n) is 9.92. The first-order chi connectivity index (χ1) is 14.4. The summed E-state index contributed by atoms with van der Waals surface area (Å²) in [5.41, 5.74) is -0.405. The van der Waals surface area contributed by atoms with E-state index in [1.165, 1.54) is 11.0 Å². The Bertz CT molecular complexity index is 732. The van der Waals surface area contributed by atoms with E-state index < -0.39 is 29.6 Å². The van der Waals surface area contributed by atoms with Crippen LogP contribution in [0.5, 0.6) is 5.75 Å². The summed E-state index contributed by atoms with van der Waals surface area (Å²) >= 11 is 0. The molecule has 0 unspecified atom stereocenters. The van der Waals surface area contributed by atoms with Crippen molar-refractivity contribution in [1.29, 1.82) is 0 Å². The Morgan fingerprint density at radius 2 is 1.84 bits per heavy atom. The Morgan fingerprint density at radius 3 is 2.39 bits per heavy atom.